The predicted molar refractivity (Wildman–Crippen MR) is 117 cm³/mol. The summed E-state index contributed by atoms with van der Waals surface area (Å²) in [4.78, 5) is 25.6. The molecule has 34 heavy (non-hydrogen) atoms. The standard InChI is InChI=1S/C24H25F3N2O5/c1-33-21-10-14(11-22(30)31)2-9-20(21)34-19-12-17-7-8-18(13-19)29(17)23(32)28-16-5-3-15(4-6-16)24(25,26)27/h2-6,9-10,17-19H,7-8,11-13H2,1H3,(H,28,32)(H,30,31). The van der Waals surface area contributed by atoms with E-state index >= 15 is 0 Å². The summed E-state index contributed by atoms with van der Waals surface area (Å²) in [6.45, 7) is 0. The van der Waals surface area contributed by atoms with Crippen LogP contribution in [0, 0.1) is 0 Å². The molecule has 2 aliphatic rings. The van der Waals surface area contributed by atoms with Gasteiger partial charge in [-0.15, -0.1) is 0 Å². The Kier molecular flexibility index (Phi) is 6.58. The molecular weight excluding hydrogens is 453 g/mol. The van der Waals surface area contributed by atoms with Crippen LogP contribution in [0.5, 0.6) is 11.5 Å². The highest BCUT2D eigenvalue weighted by Crippen LogP contribution is 2.39. The van der Waals surface area contributed by atoms with Crippen LogP contribution in [-0.2, 0) is 17.4 Å². The van der Waals surface area contributed by atoms with Crippen LogP contribution in [0.1, 0.15) is 36.8 Å². The topological polar surface area (TPSA) is 88.1 Å². The van der Waals surface area contributed by atoms with Crippen LogP contribution in [0.4, 0.5) is 23.7 Å². The van der Waals surface area contributed by atoms with E-state index in [0.29, 0.717) is 35.6 Å². The zero-order valence-corrected chi connectivity index (χ0v) is 18.5. The number of rotatable bonds is 6. The summed E-state index contributed by atoms with van der Waals surface area (Å²) in [5, 5.41) is 11.7. The van der Waals surface area contributed by atoms with Crippen molar-refractivity contribution in [3.8, 4) is 11.5 Å². The summed E-state index contributed by atoms with van der Waals surface area (Å²) in [6, 6.07) is 8.99. The number of benzene rings is 2. The highest BCUT2D eigenvalue weighted by atomic mass is 19.4. The molecule has 2 fully saturated rings. The number of urea groups is 1. The second kappa shape index (κ2) is 9.44. The maximum atomic E-state index is 12.9. The van der Waals surface area contributed by atoms with Crippen molar-refractivity contribution in [2.45, 2.75) is 56.5 Å². The molecule has 2 N–H and O–H groups in total. The lowest BCUT2D eigenvalue weighted by Gasteiger charge is -2.39. The summed E-state index contributed by atoms with van der Waals surface area (Å²) >= 11 is 0. The number of nitrogens with zero attached hydrogens (tertiary/aromatic N) is 1. The molecule has 2 unspecified atom stereocenters. The number of methoxy groups -OCH3 is 1. The second-order valence-electron chi connectivity index (χ2n) is 8.56. The number of halogens is 3. The molecule has 2 heterocycles. The number of hydrogen-bond donors (Lipinski definition) is 2. The van der Waals surface area contributed by atoms with Gasteiger partial charge in [0, 0.05) is 30.6 Å². The van der Waals surface area contributed by atoms with Crippen molar-refractivity contribution in [2.75, 3.05) is 12.4 Å². The van der Waals surface area contributed by atoms with Crippen molar-refractivity contribution in [2.24, 2.45) is 0 Å². The van der Waals surface area contributed by atoms with Gasteiger partial charge < -0.3 is 24.8 Å². The van der Waals surface area contributed by atoms with Crippen LogP contribution in [0.25, 0.3) is 0 Å². The number of fused-ring (bicyclic) bond motifs is 2. The van der Waals surface area contributed by atoms with E-state index < -0.39 is 17.7 Å². The van der Waals surface area contributed by atoms with Crippen LogP contribution < -0.4 is 14.8 Å². The van der Waals surface area contributed by atoms with E-state index in [4.69, 9.17) is 14.6 Å². The molecule has 0 spiro atoms. The van der Waals surface area contributed by atoms with Crippen molar-refractivity contribution in [1.29, 1.82) is 0 Å². The molecule has 2 aliphatic heterocycles. The smallest absolute Gasteiger partial charge is 0.416 e. The van der Waals surface area contributed by atoms with E-state index in [0.717, 1.165) is 25.0 Å². The molecular formula is C24H25F3N2O5. The number of carboxylic acid groups (broad SMARTS) is 1. The van der Waals surface area contributed by atoms with Gasteiger partial charge >= 0.3 is 18.2 Å². The number of carbonyl (C=O) groups is 2. The number of alkyl halides is 3. The third-order valence-corrected chi connectivity index (χ3v) is 6.26. The van der Waals surface area contributed by atoms with E-state index in [1.165, 1.54) is 19.2 Å². The van der Waals surface area contributed by atoms with Gasteiger partial charge in [0.25, 0.3) is 0 Å². The predicted octanol–water partition coefficient (Wildman–Crippen LogP) is 4.95. The average molecular weight is 478 g/mol. The van der Waals surface area contributed by atoms with E-state index in [2.05, 4.69) is 5.32 Å². The van der Waals surface area contributed by atoms with Crippen LogP contribution in [0.15, 0.2) is 42.5 Å². The number of amides is 2. The van der Waals surface area contributed by atoms with Crippen molar-refractivity contribution >= 4 is 17.7 Å². The van der Waals surface area contributed by atoms with E-state index in [1.54, 1.807) is 23.1 Å². The minimum atomic E-state index is -4.43. The molecule has 4 rings (SSSR count). The molecule has 2 bridgehead atoms. The Bertz CT molecular complexity index is 1040. The number of aliphatic carboxylic acids is 1. The molecule has 0 radical (unpaired) electrons. The van der Waals surface area contributed by atoms with Gasteiger partial charge in [0.2, 0.25) is 0 Å². The number of anilines is 1. The van der Waals surface area contributed by atoms with Crippen molar-refractivity contribution in [1.82, 2.24) is 4.90 Å². The SMILES string of the molecule is COc1cc(CC(=O)O)ccc1OC1CC2CCC(C1)N2C(=O)Nc1ccc(C(F)(F)F)cc1. The van der Waals surface area contributed by atoms with Crippen LogP contribution in [-0.4, -0.2) is 47.3 Å². The van der Waals surface area contributed by atoms with Gasteiger partial charge in [0.15, 0.2) is 11.5 Å². The van der Waals surface area contributed by atoms with Crippen molar-refractivity contribution < 1.29 is 37.3 Å². The summed E-state index contributed by atoms with van der Waals surface area (Å²) < 4.78 is 49.8. The molecule has 2 aromatic rings. The van der Waals surface area contributed by atoms with Gasteiger partial charge in [0.1, 0.15) is 6.10 Å². The van der Waals surface area contributed by atoms with Crippen molar-refractivity contribution in [3.63, 3.8) is 0 Å². The third-order valence-electron chi connectivity index (χ3n) is 6.26. The Morgan fingerprint density at radius 1 is 1.06 bits per heavy atom. The fraction of sp³-hybridized carbons (Fsp3) is 0.417. The molecule has 0 aliphatic carbocycles. The molecule has 2 atom stereocenters. The minimum Gasteiger partial charge on any atom is -0.493 e. The monoisotopic (exact) mass is 478 g/mol. The van der Waals surface area contributed by atoms with E-state index in [-0.39, 0.29) is 30.6 Å². The van der Waals surface area contributed by atoms with Crippen LogP contribution in [0.2, 0.25) is 0 Å². The Morgan fingerprint density at radius 2 is 1.71 bits per heavy atom. The summed E-state index contributed by atoms with van der Waals surface area (Å²) in [5.74, 6) is 0.0338. The van der Waals surface area contributed by atoms with Gasteiger partial charge in [-0.2, -0.15) is 13.2 Å². The molecule has 7 nitrogen and oxygen atoms in total. The summed E-state index contributed by atoms with van der Waals surface area (Å²) in [6.07, 6.45) is -1.84. The molecule has 10 heteroatoms. The van der Waals surface area contributed by atoms with Gasteiger partial charge in [0.05, 0.1) is 19.1 Å². The fourth-order valence-corrected chi connectivity index (χ4v) is 4.76. The third kappa shape index (κ3) is 5.21. The molecule has 2 saturated heterocycles. The van der Waals surface area contributed by atoms with Crippen molar-refractivity contribution in [3.05, 3.63) is 53.6 Å². The number of carbonyl (C=O) groups excluding carboxylic acids is 1. The summed E-state index contributed by atoms with van der Waals surface area (Å²) in [5.41, 5.74) is 0.142. The lowest BCUT2D eigenvalue weighted by Crippen LogP contribution is -2.50. The Balaban J connectivity index is 1.39. The lowest BCUT2D eigenvalue weighted by atomic mass is 10.00. The number of hydrogen-bond acceptors (Lipinski definition) is 4. The Hall–Kier alpha value is -3.43. The van der Waals surface area contributed by atoms with Crippen LogP contribution in [0.3, 0.4) is 0 Å². The normalized spacial score (nSPS) is 21.8. The molecule has 182 valence electrons. The number of piperidine rings is 1. The van der Waals surface area contributed by atoms with Gasteiger partial charge in [-0.05, 0) is 54.8 Å². The first-order chi connectivity index (χ1) is 16.1. The van der Waals surface area contributed by atoms with Crippen LogP contribution >= 0.6 is 0 Å². The molecule has 0 saturated carbocycles. The highest BCUT2D eigenvalue weighted by molar-refractivity contribution is 5.90. The lowest BCUT2D eigenvalue weighted by molar-refractivity contribution is -0.138. The van der Waals surface area contributed by atoms with Gasteiger partial charge in [-0.1, -0.05) is 6.07 Å². The molecule has 2 aromatic carbocycles. The first-order valence-corrected chi connectivity index (χ1v) is 11.0. The average Bonchev–Trinajstić information content (AvgIpc) is 3.05. The Morgan fingerprint density at radius 3 is 2.26 bits per heavy atom. The Labute approximate surface area is 194 Å². The molecule has 0 aromatic heterocycles. The van der Waals surface area contributed by atoms with Gasteiger partial charge in [-0.25, -0.2) is 4.79 Å². The first kappa shape index (κ1) is 23.7. The zero-order valence-electron chi connectivity index (χ0n) is 18.5. The van der Waals surface area contributed by atoms with E-state index in [9.17, 15) is 22.8 Å². The zero-order chi connectivity index (χ0) is 24.5. The fourth-order valence-electron chi connectivity index (χ4n) is 4.76. The largest absolute Gasteiger partial charge is 0.493 e. The quantitative estimate of drug-likeness (QED) is 0.614. The number of nitrogens with one attached hydrogen (secondary N) is 1. The first-order valence-electron chi connectivity index (χ1n) is 11.0. The maximum Gasteiger partial charge on any atom is 0.416 e. The van der Waals surface area contributed by atoms with Gasteiger partial charge in [-0.3, -0.25) is 4.79 Å². The second-order valence-corrected chi connectivity index (χ2v) is 8.56. The number of carboxylic acids is 1. The number of ether oxygens (including phenoxy) is 2. The summed E-state index contributed by atoms with van der Waals surface area (Å²) in [7, 11) is 1.49. The van der Waals surface area contributed by atoms with E-state index in [1.807, 2.05) is 0 Å². The highest BCUT2D eigenvalue weighted by Gasteiger charge is 2.44. The molecule has 2 amide bonds. The maximum absolute atomic E-state index is 12.9. The minimum absolute atomic E-state index is 0.0459.